The molecule has 0 aliphatic rings. The van der Waals surface area contributed by atoms with Gasteiger partial charge in [-0.2, -0.15) is 0 Å². The smallest absolute Gasteiger partial charge is 0.356 e. The third-order valence-corrected chi connectivity index (χ3v) is 6.14. The van der Waals surface area contributed by atoms with Gasteiger partial charge in [-0.1, -0.05) is 59.6 Å². The molecule has 0 fully saturated rings. The second kappa shape index (κ2) is 10.3. The van der Waals surface area contributed by atoms with Crippen molar-refractivity contribution in [3.05, 3.63) is 93.4 Å². The van der Waals surface area contributed by atoms with Crippen LogP contribution in [0.2, 0.25) is 5.02 Å². The summed E-state index contributed by atoms with van der Waals surface area (Å²) >= 11 is 6.04. The fourth-order valence-corrected chi connectivity index (χ4v) is 4.17. The lowest BCUT2D eigenvalue weighted by Crippen LogP contribution is -2.33. The van der Waals surface area contributed by atoms with Crippen LogP contribution >= 0.6 is 11.6 Å². The summed E-state index contributed by atoms with van der Waals surface area (Å²) in [6.07, 6.45) is -1.17. The average molecular weight is 505 g/mol. The molecule has 4 rings (SSSR count). The third kappa shape index (κ3) is 4.83. The Balaban J connectivity index is 1.73. The number of hydrogen-bond donors (Lipinski definition) is 1. The number of nitrogens with zero attached hydrogens (tertiary/aromatic N) is 1. The lowest BCUT2D eigenvalue weighted by molar-refractivity contribution is -0.123. The van der Waals surface area contributed by atoms with Gasteiger partial charge in [0, 0.05) is 23.0 Å². The molecule has 0 bridgehead atoms. The van der Waals surface area contributed by atoms with Gasteiger partial charge in [0.2, 0.25) is 0 Å². The number of hydrogen-bond acceptors (Lipinski definition) is 5. The molecule has 0 radical (unpaired) electrons. The highest BCUT2D eigenvalue weighted by atomic mass is 35.5. The van der Waals surface area contributed by atoms with Crippen molar-refractivity contribution in [2.24, 2.45) is 7.05 Å². The maximum absolute atomic E-state index is 13.5. The van der Waals surface area contributed by atoms with E-state index < -0.39 is 18.0 Å². The van der Waals surface area contributed by atoms with E-state index in [1.807, 2.05) is 37.3 Å². The van der Waals surface area contributed by atoms with E-state index >= 15 is 0 Å². The van der Waals surface area contributed by atoms with Crippen molar-refractivity contribution in [2.75, 3.05) is 12.4 Å². The summed E-state index contributed by atoms with van der Waals surface area (Å²) in [6.45, 7) is 3.42. The Morgan fingerprint density at radius 3 is 2.33 bits per heavy atom. The second-order valence-corrected chi connectivity index (χ2v) is 8.82. The molecule has 0 saturated heterocycles. The van der Waals surface area contributed by atoms with Gasteiger partial charge < -0.3 is 19.4 Å². The van der Waals surface area contributed by atoms with Crippen molar-refractivity contribution in [3.8, 4) is 16.9 Å². The highest BCUT2D eigenvalue weighted by molar-refractivity contribution is 6.31. The quantitative estimate of drug-likeness (QED) is 0.357. The number of fused-ring (bicyclic) bond motifs is 1. The summed E-state index contributed by atoms with van der Waals surface area (Å²) in [5.74, 6) is -0.965. The van der Waals surface area contributed by atoms with Gasteiger partial charge in [-0.3, -0.25) is 9.59 Å². The van der Waals surface area contributed by atoms with E-state index in [-0.39, 0.29) is 11.3 Å². The SMILES string of the molecule is COc1ccc(Cl)cc1NC(=O)C(C)OC(=O)c1c(-c2ccc(C)cc2)c2ccccc2c(=O)n1C. The number of methoxy groups -OCH3 is 1. The zero-order chi connectivity index (χ0) is 26.0. The summed E-state index contributed by atoms with van der Waals surface area (Å²) < 4.78 is 12.1. The molecule has 1 amide bonds. The van der Waals surface area contributed by atoms with E-state index in [2.05, 4.69) is 5.32 Å². The fraction of sp³-hybridized carbons (Fsp3) is 0.179. The Labute approximate surface area is 213 Å². The first-order chi connectivity index (χ1) is 17.2. The van der Waals surface area contributed by atoms with Crippen LogP contribution in [0.25, 0.3) is 21.9 Å². The second-order valence-electron chi connectivity index (χ2n) is 8.38. The summed E-state index contributed by atoms with van der Waals surface area (Å²) in [4.78, 5) is 39.4. The molecule has 1 atom stereocenters. The van der Waals surface area contributed by atoms with Crippen molar-refractivity contribution < 1.29 is 19.1 Å². The van der Waals surface area contributed by atoms with Crippen LogP contribution in [0, 0.1) is 6.92 Å². The molecule has 0 saturated carbocycles. The first-order valence-corrected chi connectivity index (χ1v) is 11.6. The monoisotopic (exact) mass is 504 g/mol. The number of benzene rings is 3. The summed E-state index contributed by atoms with van der Waals surface area (Å²) in [6, 6.07) is 19.5. The van der Waals surface area contributed by atoms with Crippen LogP contribution in [-0.4, -0.2) is 29.7 Å². The Bertz CT molecular complexity index is 1530. The lowest BCUT2D eigenvalue weighted by atomic mass is 9.96. The Morgan fingerprint density at radius 1 is 1.00 bits per heavy atom. The van der Waals surface area contributed by atoms with Crippen LogP contribution in [-0.2, 0) is 16.6 Å². The van der Waals surface area contributed by atoms with Gasteiger partial charge >= 0.3 is 5.97 Å². The maximum atomic E-state index is 13.5. The molecule has 4 aromatic rings. The normalized spacial score (nSPS) is 11.7. The largest absolute Gasteiger partial charge is 0.495 e. The predicted molar refractivity (Wildman–Crippen MR) is 141 cm³/mol. The van der Waals surface area contributed by atoms with Gasteiger partial charge in [0.25, 0.3) is 11.5 Å². The molecule has 7 nitrogen and oxygen atoms in total. The number of ether oxygens (including phenoxy) is 2. The standard InChI is InChI=1S/C28H25ClN2O5/c1-16-9-11-18(12-10-16)24-20-7-5-6-8-21(20)27(33)31(3)25(24)28(34)36-17(2)26(32)30-22-15-19(29)13-14-23(22)35-4/h5-15,17H,1-4H3,(H,30,32). The Hall–Kier alpha value is -4.10. The van der Waals surface area contributed by atoms with Crippen molar-refractivity contribution in [1.29, 1.82) is 0 Å². The van der Waals surface area contributed by atoms with Crippen molar-refractivity contribution in [2.45, 2.75) is 20.0 Å². The third-order valence-electron chi connectivity index (χ3n) is 5.91. The topological polar surface area (TPSA) is 86.6 Å². The van der Waals surface area contributed by atoms with Gasteiger partial charge in [-0.25, -0.2) is 4.79 Å². The number of rotatable bonds is 6. The number of esters is 1. The molecule has 0 aliphatic heterocycles. The zero-order valence-corrected chi connectivity index (χ0v) is 21.1. The minimum atomic E-state index is -1.17. The summed E-state index contributed by atoms with van der Waals surface area (Å²) in [7, 11) is 2.99. The van der Waals surface area contributed by atoms with Crippen LogP contribution in [0.1, 0.15) is 23.0 Å². The molecule has 1 unspecified atom stereocenters. The van der Waals surface area contributed by atoms with Gasteiger partial charge in [0.15, 0.2) is 6.10 Å². The Kier molecular flexibility index (Phi) is 7.12. The number of anilines is 1. The van der Waals surface area contributed by atoms with E-state index in [1.54, 1.807) is 30.3 Å². The van der Waals surface area contributed by atoms with Crippen LogP contribution in [0.3, 0.4) is 0 Å². The minimum absolute atomic E-state index is 0.0579. The first kappa shape index (κ1) is 25.0. The van der Waals surface area contributed by atoms with Crippen molar-refractivity contribution in [1.82, 2.24) is 4.57 Å². The molecule has 36 heavy (non-hydrogen) atoms. The predicted octanol–water partition coefficient (Wildman–Crippen LogP) is 5.36. The molecular weight excluding hydrogens is 480 g/mol. The van der Waals surface area contributed by atoms with E-state index in [1.165, 1.54) is 31.7 Å². The summed E-state index contributed by atoms with van der Waals surface area (Å²) in [5.41, 5.74) is 2.42. The average Bonchev–Trinajstić information content (AvgIpc) is 2.86. The molecule has 1 aromatic heterocycles. The number of carbonyl (C=O) groups excluding carboxylic acids is 2. The van der Waals surface area contributed by atoms with E-state index in [9.17, 15) is 14.4 Å². The molecule has 1 N–H and O–H groups in total. The highest BCUT2D eigenvalue weighted by Crippen LogP contribution is 2.32. The summed E-state index contributed by atoms with van der Waals surface area (Å²) in [5, 5.41) is 4.18. The maximum Gasteiger partial charge on any atom is 0.356 e. The van der Waals surface area contributed by atoms with E-state index in [0.717, 1.165) is 11.1 Å². The zero-order valence-electron chi connectivity index (χ0n) is 20.3. The Morgan fingerprint density at radius 2 is 1.67 bits per heavy atom. The fourth-order valence-electron chi connectivity index (χ4n) is 4.00. The van der Waals surface area contributed by atoms with Gasteiger partial charge in [-0.05, 0) is 49.1 Å². The van der Waals surface area contributed by atoms with E-state index in [0.29, 0.717) is 32.8 Å². The molecule has 0 aliphatic carbocycles. The molecule has 8 heteroatoms. The molecule has 3 aromatic carbocycles. The number of nitrogens with one attached hydrogen (secondary N) is 1. The van der Waals surface area contributed by atoms with Crippen molar-refractivity contribution >= 4 is 39.9 Å². The van der Waals surface area contributed by atoms with Gasteiger partial charge in [-0.15, -0.1) is 0 Å². The molecule has 1 heterocycles. The number of aryl methyl sites for hydroxylation is 1. The minimum Gasteiger partial charge on any atom is -0.495 e. The lowest BCUT2D eigenvalue weighted by Gasteiger charge is -2.19. The van der Waals surface area contributed by atoms with Crippen LogP contribution in [0.5, 0.6) is 5.75 Å². The number of halogens is 1. The van der Waals surface area contributed by atoms with Crippen LogP contribution in [0.15, 0.2) is 71.5 Å². The highest BCUT2D eigenvalue weighted by Gasteiger charge is 2.26. The molecule has 184 valence electrons. The van der Waals surface area contributed by atoms with Gasteiger partial charge in [0.1, 0.15) is 11.4 Å². The molecular formula is C28H25ClN2O5. The number of amides is 1. The molecule has 0 spiro atoms. The van der Waals surface area contributed by atoms with Crippen molar-refractivity contribution in [3.63, 3.8) is 0 Å². The van der Waals surface area contributed by atoms with Crippen LogP contribution < -0.4 is 15.6 Å². The van der Waals surface area contributed by atoms with Gasteiger partial charge in [0.05, 0.1) is 12.8 Å². The van der Waals surface area contributed by atoms with E-state index in [4.69, 9.17) is 21.1 Å². The number of pyridine rings is 1. The number of aromatic nitrogens is 1. The number of carbonyl (C=O) groups is 2. The first-order valence-electron chi connectivity index (χ1n) is 11.3. The van der Waals surface area contributed by atoms with Crippen LogP contribution in [0.4, 0.5) is 5.69 Å².